The molecule has 0 saturated heterocycles. The van der Waals surface area contributed by atoms with Gasteiger partial charge >= 0.3 is 0 Å². The summed E-state index contributed by atoms with van der Waals surface area (Å²) in [6.45, 7) is 3.37. The van der Waals surface area contributed by atoms with Crippen LogP contribution in [0.3, 0.4) is 0 Å². The van der Waals surface area contributed by atoms with Crippen molar-refractivity contribution in [3.05, 3.63) is 59.8 Å². The van der Waals surface area contributed by atoms with Crippen molar-refractivity contribution < 1.29 is 17.9 Å². The monoisotopic (exact) mass is 384 g/mol. The van der Waals surface area contributed by atoms with Crippen LogP contribution in [-0.2, 0) is 9.84 Å². The lowest BCUT2D eigenvalue weighted by molar-refractivity contribution is 0.102. The van der Waals surface area contributed by atoms with Gasteiger partial charge in [-0.1, -0.05) is 6.92 Å². The number of rotatable bonds is 5. The number of nitrogens with zero attached hydrogens (tertiary/aromatic N) is 1. The molecule has 0 radical (unpaired) electrons. The number of anilines is 1. The Labute approximate surface area is 158 Å². The van der Waals surface area contributed by atoms with Crippen LogP contribution < -0.4 is 10.1 Å². The van der Waals surface area contributed by atoms with Crippen molar-refractivity contribution in [2.45, 2.75) is 18.7 Å². The Bertz CT molecular complexity index is 1110. The fourth-order valence-corrected chi connectivity index (χ4v) is 3.60. The Morgan fingerprint density at radius 1 is 1.11 bits per heavy atom. The van der Waals surface area contributed by atoms with Crippen LogP contribution in [-0.4, -0.2) is 32.2 Å². The van der Waals surface area contributed by atoms with Crippen LogP contribution in [0.4, 0.5) is 5.69 Å². The summed E-state index contributed by atoms with van der Waals surface area (Å²) in [5, 5.41) is 3.58. The molecule has 1 amide bonds. The van der Waals surface area contributed by atoms with Crippen molar-refractivity contribution in [3.8, 4) is 5.75 Å². The van der Waals surface area contributed by atoms with E-state index in [-0.39, 0.29) is 16.6 Å². The van der Waals surface area contributed by atoms with Gasteiger partial charge in [0, 0.05) is 11.1 Å². The van der Waals surface area contributed by atoms with Gasteiger partial charge in [-0.25, -0.2) is 8.42 Å². The summed E-state index contributed by atoms with van der Waals surface area (Å²) in [7, 11) is -1.69. The minimum Gasteiger partial charge on any atom is -0.497 e. The normalized spacial score (nSPS) is 11.4. The standard InChI is InChI=1S/C20H20N2O4S/c1-4-27(24,25)17-8-5-15(6-9-17)22-20(23)18-12-14-11-16(26-3)7-10-19(14)21-13(18)2/h5-12H,4H2,1-3H3,(H,22,23). The Morgan fingerprint density at radius 2 is 1.81 bits per heavy atom. The first-order chi connectivity index (χ1) is 12.8. The second-order valence-corrected chi connectivity index (χ2v) is 8.34. The highest BCUT2D eigenvalue weighted by atomic mass is 32.2. The molecule has 7 heteroatoms. The first kappa shape index (κ1) is 18.8. The Hall–Kier alpha value is -2.93. The quantitative estimate of drug-likeness (QED) is 0.726. The smallest absolute Gasteiger partial charge is 0.257 e. The number of hydrogen-bond acceptors (Lipinski definition) is 5. The number of pyridine rings is 1. The molecule has 0 spiro atoms. The van der Waals surface area contributed by atoms with Crippen molar-refractivity contribution in [1.29, 1.82) is 0 Å². The van der Waals surface area contributed by atoms with E-state index in [4.69, 9.17) is 4.74 Å². The van der Waals surface area contributed by atoms with Crippen LogP contribution in [0.5, 0.6) is 5.75 Å². The topological polar surface area (TPSA) is 85.4 Å². The van der Waals surface area contributed by atoms with Crippen molar-refractivity contribution in [3.63, 3.8) is 0 Å². The summed E-state index contributed by atoms with van der Waals surface area (Å²) in [6, 6.07) is 13.4. The highest BCUT2D eigenvalue weighted by Crippen LogP contribution is 2.23. The first-order valence-corrected chi connectivity index (χ1v) is 10.1. The van der Waals surface area contributed by atoms with Crippen molar-refractivity contribution in [2.24, 2.45) is 0 Å². The Kier molecular flexibility index (Phi) is 5.14. The number of aromatic nitrogens is 1. The van der Waals surface area contributed by atoms with E-state index < -0.39 is 9.84 Å². The van der Waals surface area contributed by atoms with Crippen LogP contribution in [0.15, 0.2) is 53.4 Å². The highest BCUT2D eigenvalue weighted by molar-refractivity contribution is 7.91. The van der Waals surface area contributed by atoms with Gasteiger partial charge in [0.1, 0.15) is 5.75 Å². The number of aryl methyl sites for hydroxylation is 1. The summed E-state index contributed by atoms with van der Waals surface area (Å²) in [4.78, 5) is 17.4. The predicted octanol–water partition coefficient (Wildman–Crippen LogP) is 3.60. The molecule has 3 rings (SSSR count). The zero-order valence-corrected chi connectivity index (χ0v) is 16.1. The second kappa shape index (κ2) is 7.36. The molecule has 6 nitrogen and oxygen atoms in total. The summed E-state index contributed by atoms with van der Waals surface area (Å²) in [5.41, 5.74) is 2.34. The van der Waals surface area contributed by atoms with Gasteiger partial charge in [0.25, 0.3) is 5.91 Å². The zero-order chi connectivity index (χ0) is 19.6. The van der Waals surface area contributed by atoms with E-state index in [1.807, 2.05) is 18.2 Å². The number of carbonyl (C=O) groups excluding carboxylic acids is 1. The average Bonchev–Trinajstić information content (AvgIpc) is 2.67. The van der Waals surface area contributed by atoms with Gasteiger partial charge in [-0.3, -0.25) is 9.78 Å². The second-order valence-electron chi connectivity index (χ2n) is 6.06. The maximum Gasteiger partial charge on any atom is 0.257 e. The van der Waals surface area contributed by atoms with E-state index in [0.717, 1.165) is 10.9 Å². The zero-order valence-electron chi connectivity index (χ0n) is 15.3. The van der Waals surface area contributed by atoms with Crippen molar-refractivity contribution in [1.82, 2.24) is 4.98 Å². The number of benzene rings is 2. The number of sulfone groups is 1. The molecule has 140 valence electrons. The molecule has 3 aromatic rings. The molecule has 0 aliphatic carbocycles. The first-order valence-electron chi connectivity index (χ1n) is 8.43. The number of amides is 1. The van der Waals surface area contributed by atoms with E-state index in [9.17, 15) is 13.2 Å². The van der Waals surface area contributed by atoms with Crippen molar-refractivity contribution in [2.75, 3.05) is 18.2 Å². The summed E-state index contributed by atoms with van der Waals surface area (Å²) in [6.07, 6.45) is 0. The fraction of sp³-hybridized carbons (Fsp3) is 0.200. The molecule has 0 unspecified atom stereocenters. The molecule has 2 aromatic carbocycles. The molecule has 0 bridgehead atoms. The van der Waals surface area contributed by atoms with E-state index >= 15 is 0 Å². The van der Waals surface area contributed by atoms with Gasteiger partial charge in [-0.05, 0) is 55.5 Å². The molecule has 1 aromatic heterocycles. The fourth-order valence-electron chi connectivity index (χ4n) is 2.72. The molecule has 0 aliphatic heterocycles. The van der Waals surface area contributed by atoms with E-state index in [1.165, 1.54) is 12.1 Å². The maximum absolute atomic E-state index is 12.7. The molecule has 0 fully saturated rings. The largest absolute Gasteiger partial charge is 0.497 e. The maximum atomic E-state index is 12.7. The lowest BCUT2D eigenvalue weighted by atomic mass is 10.1. The van der Waals surface area contributed by atoms with Gasteiger partial charge in [-0.2, -0.15) is 0 Å². The number of methoxy groups -OCH3 is 1. The van der Waals surface area contributed by atoms with E-state index in [0.29, 0.717) is 22.7 Å². The Balaban J connectivity index is 1.88. The minimum atomic E-state index is -3.27. The average molecular weight is 384 g/mol. The van der Waals surface area contributed by atoms with Gasteiger partial charge < -0.3 is 10.1 Å². The SMILES string of the molecule is CCS(=O)(=O)c1ccc(NC(=O)c2cc3cc(OC)ccc3nc2C)cc1. The number of nitrogens with one attached hydrogen (secondary N) is 1. The number of ether oxygens (including phenoxy) is 1. The van der Waals surface area contributed by atoms with Gasteiger partial charge in [0.05, 0.1) is 34.5 Å². The minimum absolute atomic E-state index is 0.0319. The van der Waals surface area contributed by atoms with E-state index in [1.54, 1.807) is 39.2 Å². The van der Waals surface area contributed by atoms with Crippen LogP contribution in [0.25, 0.3) is 10.9 Å². The molecular weight excluding hydrogens is 364 g/mol. The third kappa shape index (κ3) is 3.93. The molecule has 0 saturated carbocycles. The van der Waals surface area contributed by atoms with Crippen LogP contribution in [0.1, 0.15) is 23.0 Å². The highest BCUT2D eigenvalue weighted by Gasteiger charge is 2.14. The van der Waals surface area contributed by atoms with Gasteiger partial charge in [-0.15, -0.1) is 0 Å². The number of fused-ring (bicyclic) bond motifs is 1. The van der Waals surface area contributed by atoms with Gasteiger partial charge in [0.2, 0.25) is 0 Å². The predicted molar refractivity (Wildman–Crippen MR) is 105 cm³/mol. The van der Waals surface area contributed by atoms with Crippen molar-refractivity contribution >= 4 is 32.3 Å². The summed E-state index contributed by atoms with van der Waals surface area (Å²) in [5.74, 6) is 0.410. The third-order valence-electron chi connectivity index (χ3n) is 4.31. The molecule has 0 aliphatic rings. The van der Waals surface area contributed by atoms with Gasteiger partial charge in [0.15, 0.2) is 9.84 Å². The third-order valence-corrected chi connectivity index (χ3v) is 6.06. The van der Waals surface area contributed by atoms with E-state index in [2.05, 4.69) is 10.3 Å². The molecular formula is C20H20N2O4S. The lowest BCUT2D eigenvalue weighted by Gasteiger charge is -2.10. The number of carbonyl (C=O) groups is 1. The number of hydrogen-bond donors (Lipinski definition) is 1. The van der Waals surface area contributed by atoms with Crippen LogP contribution in [0.2, 0.25) is 0 Å². The molecule has 1 N–H and O–H groups in total. The van der Waals surface area contributed by atoms with Crippen LogP contribution >= 0.6 is 0 Å². The molecule has 27 heavy (non-hydrogen) atoms. The Morgan fingerprint density at radius 3 is 2.44 bits per heavy atom. The molecule has 1 heterocycles. The summed E-state index contributed by atoms with van der Waals surface area (Å²) < 4.78 is 29.0. The summed E-state index contributed by atoms with van der Waals surface area (Å²) >= 11 is 0. The molecule has 0 atom stereocenters. The lowest BCUT2D eigenvalue weighted by Crippen LogP contribution is -2.14. The van der Waals surface area contributed by atoms with Crippen LogP contribution in [0, 0.1) is 6.92 Å².